The molecule has 49 heavy (non-hydrogen) atoms. The lowest BCUT2D eigenvalue weighted by Gasteiger charge is -2.37. The molecular weight excluding hydrogens is 597 g/mol. The summed E-state index contributed by atoms with van der Waals surface area (Å²) in [5, 5.41) is 10.7. The Bertz CT molecular complexity index is 2110. The Balaban J connectivity index is 1.32. The molecule has 3 nitrogen and oxygen atoms in total. The van der Waals surface area contributed by atoms with Gasteiger partial charge in [0.15, 0.2) is 0 Å². The fourth-order valence-electron chi connectivity index (χ4n) is 6.74. The number of nitrogens with zero attached hydrogens (tertiary/aromatic N) is 1. The van der Waals surface area contributed by atoms with E-state index in [0.717, 1.165) is 33.7 Å². The lowest BCUT2D eigenvalue weighted by atomic mass is 9.79. The molecule has 0 aliphatic heterocycles. The van der Waals surface area contributed by atoms with Crippen LogP contribution in [0.25, 0.3) is 33.4 Å². The normalized spacial score (nSPS) is 13.4. The minimum absolute atomic E-state index is 0.113. The zero-order chi connectivity index (χ0) is 34.4. The zero-order valence-corrected chi connectivity index (χ0v) is 29.2. The van der Waals surface area contributed by atoms with Gasteiger partial charge in [-0.05, 0) is 114 Å². The van der Waals surface area contributed by atoms with Gasteiger partial charge in [0.05, 0.1) is 11.2 Å². The Labute approximate surface area is 292 Å². The summed E-state index contributed by atoms with van der Waals surface area (Å²) in [6.45, 7) is 12.0. The van der Waals surface area contributed by atoms with Gasteiger partial charge in [0.25, 0.3) is 0 Å². The summed E-state index contributed by atoms with van der Waals surface area (Å²) in [5.74, 6) is 0. The first-order chi connectivity index (χ1) is 23.4. The van der Waals surface area contributed by atoms with E-state index in [2.05, 4.69) is 158 Å². The highest BCUT2D eigenvalue weighted by atomic mass is 16.5. The summed E-state index contributed by atoms with van der Waals surface area (Å²) in [6.07, 6.45) is 0. The van der Waals surface area contributed by atoms with E-state index >= 15 is 0 Å². The van der Waals surface area contributed by atoms with Crippen molar-refractivity contribution in [2.75, 3.05) is 4.90 Å². The topological polar surface area (TPSA) is 32.7 Å². The van der Waals surface area contributed by atoms with Crippen LogP contribution in [0.4, 0.5) is 17.1 Å². The van der Waals surface area contributed by atoms with Crippen LogP contribution < -0.4 is 10.4 Å². The van der Waals surface area contributed by atoms with Crippen LogP contribution in [0, 0.1) is 0 Å². The number of anilines is 3. The van der Waals surface area contributed by atoms with E-state index in [9.17, 15) is 5.11 Å². The second-order valence-corrected chi connectivity index (χ2v) is 14.6. The highest BCUT2D eigenvalue weighted by Gasteiger charge is 2.37. The van der Waals surface area contributed by atoms with Crippen LogP contribution in [0.1, 0.15) is 52.7 Å². The van der Waals surface area contributed by atoms with Gasteiger partial charge >= 0.3 is 7.48 Å². The summed E-state index contributed by atoms with van der Waals surface area (Å²) in [4.78, 5) is 2.36. The molecule has 1 aliphatic rings. The molecule has 6 aromatic rings. The standard InChI is InChI=1S/C45H43BNO2/c1-43(2)40-21-12-10-20-38(40)39-28-27-36(30-41(39)43)47(34-25-23-32(24-26-34)31-15-8-7-9-16-31)35-18-14-17-33(29-35)37-19-11-13-22-42(37)46-49-45(5,6)44(3,4)48/h7-30,48H,1-6H3. The third-order valence-electron chi connectivity index (χ3n) is 10.4. The number of fused-ring (bicyclic) bond motifs is 3. The molecule has 4 heteroatoms. The molecule has 0 bridgehead atoms. The van der Waals surface area contributed by atoms with E-state index in [-0.39, 0.29) is 5.41 Å². The lowest BCUT2D eigenvalue weighted by molar-refractivity contribution is -0.0893. The SMILES string of the molecule is CC1(C)c2ccccc2-c2ccc(N(c3ccc(-c4ccccc4)cc3)c3cccc(-c4ccccc4[B]OC(C)(C)C(C)(C)O)c3)cc21. The van der Waals surface area contributed by atoms with Gasteiger partial charge in [0.1, 0.15) is 0 Å². The molecule has 1 radical (unpaired) electrons. The van der Waals surface area contributed by atoms with Crippen molar-refractivity contribution in [2.24, 2.45) is 0 Å². The number of hydrogen-bond acceptors (Lipinski definition) is 3. The molecule has 0 saturated carbocycles. The minimum Gasteiger partial charge on any atom is -0.427 e. The first-order valence-corrected chi connectivity index (χ1v) is 17.1. The van der Waals surface area contributed by atoms with Gasteiger partial charge in [0, 0.05) is 22.5 Å². The molecule has 0 spiro atoms. The summed E-state index contributed by atoms with van der Waals surface area (Å²) < 4.78 is 6.21. The molecule has 1 aliphatic carbocycles. The largest absolute Gasteiger partial charge is 0.427 e. The van der Waals surface area contributed by atoms with Crippen molar-refractivity contribution in [1.82, 2.24) is 0 Å². The van der Waals surface area contributed by atoms with Crippen LogP contribution in [0.5, 0.6) is 0 Å². The van der Waals surface area contributed by atoms with Crippen molar-refractivity contribution in [2.45, 2.75) is 58.2 Å². The first kappa shape index (κ1) is 32.6. The molecule has 0 amide bonds. The average molecular weight is 641 g/mol. The smallest absolute Gasteiger partial charge is 0.331 e. The molecule has 0 aromatic heterocycles. The third kappa shape index (κ3) is 6.12. The molecular formula is C45H43BNO2. The zero-order valence-electron chi connectivity index (χ0n) is 29.2. The van der Waals surface area contributed by atoms with Crippen molar-refractivity contribution in [1.29, 1.82) is 0 Å². The van der Waals surface area contributed by atoms with E-state index in [1.807, 2.05) is 19.9 Å². The third-order valence-corrected chi connectivity index (χ3v) is 10.4. The van der Waals surface area contributed by atoms with E-state index < -0.39 is 11.2 Å². The number of benzene rings is 6. The van der Waals surface area contributed by atoms with Gasteiger partial charge in [-0.25, -0.2) is 0 Å². The second kappa shape index (κ2) is 12.5. The van der Waals surface area contributed by atoms with E-state index in [1.165, 1.54) is 33.4 Å². The van der Waals surface area contributed by atoms with Crippen molar-refractivity contribution >= 4 is 30.0 Å². The second-order valence-electron chi connectivity index (χ2n) is 14.6. The first-order valence-electron chi connectivity index (χ1n) is 17.1. The fourth-order valence-corrected chi connectivity index (χ4v) is 6.74. The quantitative estimate of drug-likeness (QED) is 0.160. The predicted octanol–water partition coefficient (Wildman–Crippen LogP) is 10.6. The van der Waals surface area contributed by atoms with Gasteiger partial charge in [-0.15, -0.1) is 0 Å². The van der Waals surface area contributed by atoms with Crippen LogP contribution in [0.15, 0.2) is 146 Å². The van der Waals surface area contributed by atoms with Crippen LogP contribution >= 0.6 is 0 Å². The molecule has 7 rings (SSSR count). The van der Waals surface area contributed by atoms with Gasteiger partial charge in [-0.1, -0.05) is 123 Å². The van der Waals surface area contributed by atoms with Crippen LogP contribution in [0.3, 0.4) is 0 Å². The van der Waals surface area contributed by atoms with E-state index in [1.54, 1.807) is 21.3 Å². The highest BCUT2D eigenvalue weighted by Crippen LogP contribution is 2.50. The van der Waals surface area contributed by atoms with Crippen LogP contribution in [0.2, 0.25) is 0 Å². The van der Waals surface area contributed by atoms with Gasteiger partial charge < -0.3 is 14.7 Å². The van der Waals surface area contributed by atoms with Crippen molar-refractivity contribution in [3.8, 4) is 33.4 Å². The molecule has 0 unspecified atom stereocenters. The number of hydrogen-bond donors (Lipinski definition) is 1. The Hall–Kier alpha value is -4.90. The highest BCUT2D eigenvalue weighted by molar-refractivity contribution is 6.49. The van der Waals surface area contributed by atoms with Crippen LogP contribution in [-0.4, -0.2) is 23.8 Å². The maximum atomic E-state index is 10.7. The lowest BCUT2D eigenvalue weighted by Crippen LogP contribution is -2.49. The summed E-state index contributed by atoms with van der Waals surface area (Å²) in [6, 6.07) is 52.0. The molecule has 243 valence electrons. The van der Waals surface area contributed by atoms with Crippen molar-refractivity contribution in [3.05, 3.63) is 157 Å². The van der Waals surface area contributed by atoms with Crippen LogP contribution in [-0.2, 0) is 10.1 Å². The summed E-state index contributed by atoms with van der Waals surface area (Å²) in [5.41, 5.74) is 12.1. The van der Waals surface area contributed by atoms with Gasteiger partial charge in [0.2, 0.25) is 0 Å². The van der Waals surface area contributed by atoms with E-state index in [0.29, 0.717) is 0 Å². The maximum absolute atomic E-state index is 10.7. The van der Waals surface area contributed by atoms with Gasteiger partial charge in [-0.2, -0.15) is 0 Å². The summed E-state index contributed by atoms with van der Waals surface area (Å²) in [7, 11) is 1.78. The predicted molar refractivity (Wildman–Crippen MR) is 206 cm³/mol. The van der Waals surface area contributed by atoms with Crippen molar-refractivity contribution < 1.29 is 9.76 Å². The Kier molecular flexibility index (Phi) is 8.34. The molecule has 0 atom stereocenters. The number of rotatable bonds is 9. The molecule has 0 saturated heterocycles. The van der Waals surface area contributed by atoms with E-state index in [4.69, 9.17) is 4.65 Å². The average Bonchev–Trinajstić information content (AvgIpc) is 3.34. The monoisotopic (exact) mass is 640 g/mol. The number of aliphatic hydroxyl groups is 1. The van der Waals surface area contributed by atoms with Gasteiger partial charge in [-0.3, -0.25) is 0 Å². The summed E-state index contributed by atoms with van der Waals surface area (Å²) >= 11 is 0. The molecule has 0 fully saturated rings. The molecule has 1 N–H and O–H groups in total. The maximum Gasteiger partial charge on any atom is 0.331 e. The molecule has 0 heterocycles. The Morgan fingerprint density at radius 3 is 1.84 bits per heavy atom. The minimum atomic E-state index is -1.01. The Morgan fingerprint density at radius 1 is 0.531 bits per heavy atom. The fraction of sp³-hybridized carbons (Fsp3) is 0.200. The molecule has 6 aromatic carbocycles. The Morgan fingerprint density at radius 2 is 1.10 bits per heavy atom. The van der Waals surface area contributed by atoms with Crippen molar-refractivity contribution in [3.63, 3.8) is 0 Å².